The topological polar surface area (TPSA) is 331 Å². The predicted molar refractivity (Wildman–Crippen MR) is 168 cm³/mol. The molecule has 0 fully saturated rings. The maximum absolute atomic E-state index is 12.4. The van der Waals surface area contributed by atoms with E-state index < -0.39 is 71.3 Å². The summed E-state index contributed by atoms with van der Waals surface area (Å²) in [6.45, 7) is 1.20. The second kappa shape index (κ2) is 17.4. The van der Waals surface area contributed by atoms with Gasteiger partial charge in [0.1, 0.15) is 27.6 Å². The van der Waals surface area contributed by atoms with Crippen molar-refractivity contribution in [2.45, 2.75) is 21.6 Å². The Balaban J connectivity index is 0.00000702. The summed E-state index contributed by atoms with van der Waals surface area (Å²) < 4.78 is 43.4. The van der Waals surface area contributed by atoms with Crippen molar-refractivity contribution < 1.29 is 89.1 Å². The minimum absolute atomic E-state index is 0. The first-order chi connectivity index (χ1) is 23.7. The van der Waals surface area contributed by atoms with E-state index in [1.165, 1.54) is 19.1 Å². The number of carboxylic acids is 1. The smallest absolute Gasteiger partial charge is 0.338 e. The fraction of sp³-hybridized carbons (Fsp3) is 0.0400. The number of nitrogens with zero attached hydrogens (tertiary/aromatic N) is 5. The summed E-state index contributed by atoms with van der Waals surface area (Å²) in [7, 11) is -5.21. The average Bonchev–Trinajstić information content (AvgIpc) is 3.05. The van der Waals surface area contributed by atoms with Crippen LogP contribution in [0.3, 0.4) is 0 Å². The molecule has 51 heavy (non-hydrogen) atoms. The number of hydrogen-bond donors (Lipinski definition) is 7. The van der Waals surface area contributed by atoms with Crippen molar-refractivity contribution in [1.29, 1.82) is 0 Å². The van der Waals surface area contributed by atoms with Gasteiger partial charge in [0.05, 0.1) is 49.7 Å². The van der Waals surface area contributed by atoms with Crippen molar-refractivity contribution >= 4 is 91.0 Å². The molecular formula is C25H18CuN6O16S3. The van der Waals surface area contributed by atoms with Crippen LogP contribution in [0.25, 0.3) is 10.8 Å². The maximum atomic E-state index is 12.4. The van der Waals surface area contributed by atoms with E-state index in [0.717, 1.165) is 36.4 Å². The predicted octanol–water partition coefficient (Wildman–Crippen LogP) is 6.75. The van der Waals surface area contributed by atoms with Gasteiger partial charge in [-0.15, -0.1) is 29.1 Å². The summed E-state index contributed by atoms with van der Waals surface area (Å²) in [6, 6.07) is 8.28. The van der Waals surface area contributed by atoms with Gasteiger partial charge in [0.25, 0.3) is 15.8 Å². The molecule has 0 saturated heterocycles. The molecule has 7 N–H and O–H groups in total. The summed E-state index contributed by atoms with van der Waals surface area (Å²) in [6.07, 6.45) is 0. The van der Waals surface area contributed by atoms with Crippen LogP contribution in [0.4, 0.5) is 34.1 Å². The molecule has 0 aliphatic carbocycles. The van der Waals surface area contributed by atoms with E-state index in [2.05, 4.69) is 44.5 Å². The summed E-state index contributed by atoms with van der Waals surface area (Å²) in [4.78, 5) is 32.2. The molecule has 22 nitrogen and oxygen atoms in total. The van der Waals surface area contributed by atoms with E-state index in [4.69, 9.17) is 10.5 Å². The van der Waals surface area contributed by atoms with Gasteiger partial charge in [-0.1, -0.05) is 10.1 Å². The molecule has 4 aromatic rings. The van der Waals surface area contributed by atoms with E-state index in [9.17, 15) is 48.0 Å². The zero-order valence-corrected chi connectivity index (χ0v) is 28.0. The first kappa shape index (κ1) is 40.6. The number of benzene rings is 4. The van der Waals surface area contributed by atoms with Crippen molar-refractivity contribution in [2.24, 2.45) is 20.5 Å². The Kier molecular flexibility index (Phi) is 13.8. The molecule has 0 spiro atoms. The van der Waals surface area contributed by atoms with Crippen molar-refractivity contribution in [3.05, 3.63) is 64.2 Å². The van der Waals surface area contributed by atoms with Gasteiger partial charge in [-0.05, 0) is 41.8 Å². The van der Waals surface area contributed by atoms with Gasteiger partial charge in [-0.2, -0.15) is 8.42 Å². The molecule has 0 aliphatic heterocycles. The molecule has 0 aromatic heterocycles. The van der Waals surface area contributed by atoms with Crippen LogP contribution in [0.2, 0.25) is 0 Å². The molecule has 0 unspecified atom stereocenters. The molecular weight excluding hydrogens is 800 g/mol. The van der Waals surface area contributed by atoms with Gasteiger partial charge < -0.3 is 20.6 Å². The number of nitro benzene ring substituents is 1. The third-order valence-electron chi connectivity index (χ3n) is 6.05. The van der Waals surface area contributed by atoms with Gasteiger partial charge in [0.15, 0.2) is 11.5 Å². The molecule has 26 heteroatoms. The molecule has 1 amide bonds. The summed E-state index contributed by atoms with van der Waals surface area (Å²) >= 11 is 0.429. The third-order valence-corrected chi connectivity index (χ3v) is 8.18. The van der Waals surface area contributed by atoms with Crippen molar-refractivity contribution in [1.82, 2.24) is 0 Å². The Bertz CT molecular complexity index is 2190. The first-order valence-corrected chi connectivity index (χ1v) is 15.7. The standard InChI is InChI=1S/C25H18N6O16S3.Cu/c1-10(32)26-12-2-4-15(14(8-12)25(35)36)27-29-21-18(49-47-45-40)6-11-7-19(50(41,42)43)22(24(34)20(11)23(21)33)30-28-16-5-3-13(31(37)38)9-17(16)48-46-44-39;/h2-9,33-34,39-40H,1H3,(H,26,32)(H,35,36)(H,41,42,43);. The molecule has 0 aliphatic rings. The molecule has 4 rings (SSSR count). The quantitative estimate of drug-likeness (QED) is 0.0132. The van der Waals surface area contributed by atoms with Crippen molar-refractivity contribution in [3.8, 4) is 11.5 Å². The van der Waals surface area contributed by atoms with E-state index in [1.807, 2.05) is 0 Å². The van der Waals surface area contributed by atoms with E-state index >= 15 is 0 Å². The molecule has 1 radical (unpaired) electrons. The fourth-order valence-electron chi connectivity index (χ4n) is 4.07. The van der Waals surface area contributed by atoms with Crippen LogP contribution in [0.15, 0.2) is 83.7 Å². The fourth-order valence-corrected chi connectivity index (χ4v) is 5.69. The van der Waals surface area contributed by atoms with Crippen LogP contribution < -0.4 is 5.32 Å². The second-order valence-corrected chi connectivity index (χ2v) is 12.1. The molecule has 0 atom stereocenters. The second-order valence-electron chi connectivity index (χ2n) is 9.20. The number of phenols is 2. The summed E-state index contributed by atoms with van der Waals surface area (Å²) in [5.74, 6) is -4.02. The normalized spacial score (nSPS) is 11.6. The SMILES string of the molecule is CC(=O)Nc1ccc(N=Nc2c(SOOO)cc3cc(S(=O)(=O)O)c(N=Nc4ccc([N+](=O)[O-])cc4SOOO)c(O)c3c2O)c(C(=O)O)c1.[Cu]. The zero-order chi connectivity index (χ0) is 36.7. The zero-order valence-electron chi connectivity index (χ0n) is 24.6. The van der Waals surface area contributed by atoms with Gasteiger partial charge in [0.2, 0.25) is 5.91 Å². The number of aromatic carboxylic acids is 1. The van der Waals surface area contributed by atoms with Crippen LogP contribution in [0.5, 0.6) is 11.5 Å². The Morgan fingerprint density at radius 1 is 0.863 bits per heavy atom. The number of carbonyl (C=O) groups excluding carboxylic acids is 1. The number of carboxylic acid groups (broad SMARTS) is 1. The van der Waals surface area contributed by atoms with Gasteiger partial charge in [-0.3, -0.25) is 19.5 Å². The molecule has 273 valence electrons. The van der Waals surface area contributed by atoms with Crippen molar-refractivity contribution in [3.63, 3.8) is 0 Å². The number of azo groups is 2. The van der Waals surface area contributed by atoms with Crippen molar-refractivity contribution in [2.75, 3.05) is 5.32 Å². The number of phenolic OH excluding ortho intramolecular Hbond substituents is 2. The number of hydrogen-bond acceptors (Lipinski definition) is 20. The van der Waals surface area contributed by atoms with Crippen LogP contribution in [0, 0.1) is 10.1 Å². The third kappa shape index (κ3) is 9.70. The van der Waals surface area contributed by atoms with Gasteiger partial charge in [0, 0.05) is 41.8 Å². The largest absolute Gasteiger partial charge is 0.505 e. The number of aromatic hydroxyl groups is 2. The van der Waals surface area contributed by atoms with Gasteiger partial charge in [-0.25, -0.2) is 15.3 Å². The Morgan fingerprint density at radius 3 is 2.04 bits per heavy atom. The van der Waals surface area contributed by atoms with E-state index in [0.29, 0.717) is 0 Å². The van der Waals surface area contributed by atoms with E-state index in [-0.39, 0.29) is 73.4 Å². The maximum Gasteiger partial charge on any atom is 0.338 e. The van der Waals surface area contributed by atoms with Gasteiger partial charge >= 0.3 is 5.97 Å². The number of anilines is 1. The van der Waals surface area contributed by atoms with Crippen LogP contribution in [-0.2, 0) is 50.7 Å². The minimum Gasteiger partial charge on any atom is -0.505 e. The van der Waals surface area contributed by atoms with Crippen LogP contribution in [0.1, 0.15) is 17.3 Å². The van der Waals surface area contributed by atoms with Crippen LogP contribution in [-0.4, -0.2) is 55.6 Å². The number of non-ortho nitro benzene ring substituents is 1. The average molecular weight is 818 g/mol. The Hall–Kier alpha value is -4.83. The number of rotatable bonds is 14. The van der Waals surface area contributed by atoms with E-state index in [1.54, 1.807) is 0 Å². The number of amides is 1. The molecule has 0 saturated carbocycles. The number of fused-ring (bicyclic) bond motifs is 1. The molecule has 0 heterocycles. The Labute approximate surface area is 302 Å². The molecule has 4 aromatic carbocycles. The minimum atomic E-state index is -5.21. The number of nitrogens with one attached hydrogen (secondary N) is 1. The van der Waals surface area contributed by atoms with Crippen LogP contribution >= 0.6 is 24.1 Å². The molecule has 0 bridgehead atoms. The monoisotopic (exact) mass is 817 g/mol. The number of carbonyl (C=O) groups is 2. The first-order valence-electron chi connectivity index (χ1n) is 12.8. The number of nitro groups is 1. The summed E-state index contributed by atoms with van der Waals surface area (Å²) in [5.41, 5.74) is -2.85. The summed E-state index contributed by atoms with van der Waals surface area (Å²) in [5, 5.41) is 84.3. The Morgan fingerprint density at radius 2 is 1.45 bits per heavy atom.